The summed E-state index contributed by atoms with van der Waals surface area (Å²) in [6.07, 6.45) is 3.85. The lowest BCUT2D eigenvalue weighted by Gasteiger charge is -2.25. The SMILES string of the molecule is Cc1cc(C)nc(NC(=O)c2ccc(C3CCC3)cc2)n1. The van der Waals surface area contributed by atoms with Crippen molar-refractivity contribution < 1.29 is 4.79 Å². The van der Waals surface area contributed by atoms with Crippen LogP contribution in [0, 0.1) is 13.8 Å². The standard InChI is InChI=1S/C17H19N3O/c1-11-10-12(2)19-17(18-11)20-16(21)15-8-6-14(7-9-15)13-4-3-5-13/h6-10,13H,3-5H2,1-2H3,(H,18,19,20,21). The molecular formula is C17H19N3O. The maximum Gasteiger partial charge on any atom is 0.258 e. The first-order chi connectivity index (χ1) is 10.1. The highest BCUT2D eigenvalue weighted by atomic mass is 16.1. The molecule has 0 spiro atoms. The van der Waals surface area contributed by atoms with Gasteiger partial charge in [-0.3, -0.25) is 10.1 Å². The molecule has 2 aromatic rings. The Kier molecular flexibility index (Phi) is 3.69. The van der Waals surface area contributed by atoms with E-state index in [-0.39, 0.29) is 5.91 Å². The van der Waals surface area contributed by atoms with Gasteiger partial charge >= 0.3 is 0 Å². The van der Waals surface area contributed by atoms with Crippen molar-refractivity contribution in [2.75, 3.05) is 5.32 Å². The zero-order valence-electron chi connectivity index (χ0n) is 12.4. The van der Waals surface area contributed by atoms with Crippen molar-refractivity contribution in [1.82, 2.24) is 9.97 Å². The second-order valence-corrected chi connectivity index (χ2v) is 5.68. The van der Waals surface area contributed by atoms with Crippen LogP contribution < -0.4 is 5.32 Å². The van der Waals surface area contributed by atoms with Crippen LogP contribution in [0.2, 0.25) is 0 Å². The molecule has 1 fully saturated rings. The Bertz CT molecular complexity index is 640. The topological polar surface area (TPSA) is 54.9 Å². The van der Waals surface area contributed by atoms with E-state index in [0.717, 1.165) is 11.4 Å². The highest BCUT2D eigenvalue weighted by Crippen LogP contribution is 2.36. The maximum absolute atomic E-state index is 12.2. The first kappa shape index (κ1) is 13.7. The summed E-state index contributed by atoms with van der Waals surface area (Å²) in [5.74, 6) is 0.880. The zero-order chi connectivity index (χ0) is 14.8. The van der Waals surface area contributed by atoms with Crippen LogP contribution >= 0.6 is 0 Å². The van der Waals surface area contributed by atoms with Crippen molar-refractivity contribution in [2.24, 2.45) is 0 Å². The summed E-state index contributed by atoms with van der Waals surface area (Å²) in [4.78, 5) is 20.7. The number of nitrogens with one attached hydrogen (secondary N) is 1. The number of anilines is 1. The van der Waals surface area contributed by atoms with Crippen molar-refractivity contribution >= 4 is 11.9 Å². The summed E-state index contributed by atoms with van der Waals surface area (Å²) in [6.45, 7) is 3.77. The van der Waals surface area contributed by atoms with E-state index in [9.17, 15) is 4.79 Å². The number of nitrogens with zero attached hydrogens (tertiary/aromatic N) is 2. The van der Waals surface area contributed by atoms with E-state index >= 15 is 0 Å². The van der Waals surface area contributed by atoms with E-state index in [0.29, 0.717) is 17.4 Å². The molecular weight excluding hydrogens is 262 g/mol. The number of carbonyl (C=O) groups is 1. The Morgan fingerprint density at radius 1 is 1.10 bits per heavy atom. The van der Waals surface area contributed by atoms with E-state index in [1.807, 2.05) is 32.0 Å². The monoisotopic (exact) mass is 281 g/mol. The fourth-order valence-corrected chi connectivity index (χ4v) is 2.60. The number of carbonyl (C=O) groups excluding carboxylic acids is 1. The molecule has 4 heteroatoms. The normalized spacial score (nSPS) is 14.6. The Morgan fingerprint density at radius 3 is 2.24 bits per heavy atom. The predicted octanol–water partition coefficient (Wildman–Crippen LogP) is 3.61. The summed E-state index contributed by atoms with van der Waals surface area (Å²) in [5.41, 5.74) is 3.66. The molecule has 1 aromatic heterocycles. The van der Waals surface area contributed by atoms with E-state index in [1.165, 1.54) is 24.8 Å². The van der Waals surface area contributed by atoms with Gasteiger partial charge in [0.2, 0.25) is 5.95 Å². The van der Waals surface area contributed by atoms with Crippen LogP contribution in [0.1, 0.15) is 52.5 Å². The molecule has 1 heterocycles. The molecule has 1 amide bonds. The van der Waals surface area contributed by atoms with Gasteiger partial charge in [0.25, 0.3) is 5.91 Å². The van der Waals surface area contributed by atoms with Crippen LogP contribution in [-0.2, 0) is 0 Å². The van der Waals surface area contributed by atoms with E-state index in [2.05, 4.69) is 27.4 Å². The number of rotatable bonds is 3. The average molecular weight is 281 g/mol. The first-order valence-electron chi connectivity index (χ1n) is 7.35. The lowest BCUT2D eigenvalue weighted by Crippen LogP contribution is -2.15. The van der Waals surface area contributed by atoms with E-state index in [1.54, 1.807) is 0 Å². The van der Waals surface area contributed by atoms with Crippen molar-refractivity contribution in [1.29, 1.82) is 0 Å². The second kappa shape index (κ2) is 5.64. The van der Waals surface area contributed by atoms with E-state index < -0.39 is 0 Å². The van der Waals surface area contributed by atoms with Crippen molar-refractivity contribution in [2.45, 2.75) is 39.0 Å². The Labute approximate surface area is 124 Å². The van der Waals surface area contributed by atoms with Crippen LogP contribution in [0.3, 0.4) is 0 Å². The average Bonchev–Trinajstić information content (AvgIpc) is 2.36. The zero-order valence-corrected chi connectivity index (χ0v) is 12.4. The van der Waals surface area contributed by atoms with Gasteiger partial charge in [0, 0.05) is 17.0 Å². The Balaban J connectivity index is 1.72. The van der Waals surface area contributed by atoms with Gasteiger partial charge in [0.1, 0.15) is 0 Å². The number of hydrogen-bond donors (Lipinski definition) is 1. The highest BCUT2D eigenvalue weighted by molar-refractivity contribution is 6.03. The van der Waals surface area contributed by atoms with Gasteiger partial charge < -0.3 is 0 Å². The first-order valence-corrected chi connectivity index (χ1v) is 7.35. The number of aromatic nitrogens is 2. The Hall–Kier alpha value is -2.23. The van der Waals surface area contributed by atoms with Gasteiger partial charge in [-0.05, 0) is 56.4 Å². The van der Waals surface area contributed by atoms with Gasteiger partial charge in [-0.1, -0.05) is 18.6 Å². The summed E-state index contributed by atoms with van der Waals surface area (Å²) >= 11 is 0. The summed E-state index contributed by atoms with van der Waals surface area (Å²) < 4.78 is 0. The minimum atomic E-state index is -0.167. The molecule has 0 saturated heterocycles. The fourth-order valence-electron chi connectivity index (χ4n) is 2.60. The molecule has 3 rings (SSSR count). The molecule has 0 unspecified atom stereocenters. The van der Waals surface area contributed by atoms with Crippen molar-refractivity contribution in [3.8, 4) is 0 Å². The third-order valence-corrected chi connectivity index (χ3v) is 3.96. The molecule has 0 radical (unpaired) electrons. The number of amides is 1. The summed E-state index contributed by atoms with van der Waals surface area (Å²) in [5, 5.41) is 2.76. The van der Waals surface area contributed by atoms with Gasteiger partial charge in [-0.25, -0.2) is 9.97 Å². The molecule has 0 aliphatic heterocycles. The van der Waals surface area contributed by atoms with Crippen LogP contribution in [0.4, 0.5) is 5.95 Å². The molecule has 4 nitrogen and oxygen atoms in total. The van der Waals surface area contributed by atoms with Gasteiger partial charge in [0.15, 0.2) is 0 Å². The van der Waals surface area contributed by atoms with Crippen molar-refractivity contribution in [3.63, 3.8) is 0 Å². The molecule has 1 aromatic carbocycles. The lowest BCUT2D eigenvalue weighted by molar-refractivity contribution is 0.102. The smallest absolute Gasteiger partial charge is 0.258 e. The second-order valence-electron chi connectivity index (χ2n) is 5.68. The van der Waals surface area contributed by atoms with Gasteiger partial charge in [-0.2, -0.15) is 0 Å². The molecule has 108 valence electrons. The van der Waals surface area contributed by atoms with Gasteiger partial charge in [0.05, 0.1) is 0 Å². The maximum atomic E-state index is 12.2. The number of benzene rings is 1. The van der Waals surface area contributed by atoms with Crippen LogP contribution in [0.15, 0.2) is 30.3 Å². The number of aryl methyl sites for hydroxylation is 2. The molecule has 0 atom stereocenters. The minimum absolute atomic E-state index is 0.167. The predicted molar refractivity (Wildman–Crippen MR) is 82.5 cm³/mol. The quantitative estimate of drug-likeness (QED) is 0.935. The van der Waals surface area contributed by atoms with Crippen LogP contribution in [0.5, 0.6) is 0 Å². The molecule has 1 saturated carbocycles. The van der Waals surface area contributed by atoms with Crippen LogP contribution in [0.25, 0.3) is 0 Å². The van der Waals surface area contributed by atoms with E-state index in [4.69, 9.17) is 0 Å². The molecule has 0 bridgehead atoms. The van der Waals surface area contributed by atoms with Gasteiger partial charge in [-0.15, -0.1) is 0 Å². The largest absolute Gasteiger partial charge is 0.290 e. The summed E-state index contributed by atoms with van der Waals surface area (Å²) in [6, 6.07) is 9.75. The third-order valence-electron chi connectivity index (χ3n) is 3.96. The molecule has 21 heavy (non-hydrogen) atoms. The highest BCUT2D eigenvalue weighted by Gasteiger charge is 2.19. The van der Waals surface area contributed by atoms with Crippen LogP contribution in [-0.4, -0.2) is 15.9 Å². The minimum Gasteiger partial charge on any atom is -0.290 e. The fraction of sp³-hybridized carbons (Fsp3) is 0.353. The third kappa shape index (κ3) is 3.10. The number of hydrogen-bond acceptors (Lipinski definition) is 3. The molecule has 1 aliphatic rings. The molecule has 1 N–H and O–H groups in total. The molecule has 1 aliphatic carbocycles. The van der Waals surface area contributed by atoms with Crippen molar-refractivity contribution in [3.05, 3.63) is 52.8 Å². The lowest BCUT2D eigenvalue weighted by atomic mass is 9.80. The Morgan fingerprint density at radius 2 is 1.71 bits per heavy atom. The summed E-state index contributed by atoms with van der Waals surface area (Å²) in [7, 11) is 0.